The van der Waals surface area contributed by atoms with E-state index in [4.69, 9.17) is 11.5 Å². The van der Waals surface area contributed by atoms with Crippen LogP contribution < -0.4 is 11.5 Å². The minimum absolute atomic E-state index is 0.440. The van der Waals surface area contributed by atoms with Crippen LogP contribution in [0, 0.1) is 13.8 Å². The van der Waals surface area contributed by atoms with Gasteiger partial charge in [0.25, 0.3) is 0 Å². The molecule has 2 aromatic heterocycles. The van der Waals surface area contributed by atoms with Crippen LogP contribution in [-0.4, -0.2) is 15.1 Å². The van der Waals surface area contributed by atoms with Crippen LogP contribution in [0.15, 0.2) is 40.9 Å². The standard InChI is InChI=1S/C20H19BrN4O/c1-9-12(4-3-5-14(9)22)16-10(2)24-19(20(23)26)18-17(16)13-7-6-11(21)8-15(13)25-18/h3-8,20,25-26H,22-23H2,1-2H3. The fourth-order valence-electron chi connectivity index (χ4n) is 3.56. The predicted octanol–water partition coefficient (Wildman–Crippen LogP) is 4.29. The number of halogens is 1. The molecule has 0 amide bonds. The van der Waals surface area contributed by atoms with E-state index in [0.29, 0.717) is 5.69 Å². The van der Waals surface area contributed by atoms with Gasteiger partial charge in [0.15, 0.2) is 0 Å². The minimum Gasteiger partial charge on any atom is -0.398 e. The molecule has 1 atom stereocenters. The SMILES string of the molecule is Cc1nc(C(N)O)c2[nH]c3cc(Br)ccc3c2c1-c1cccc(N)c1C. The highest BCUT2D eigenvalue weighted by Crippen LogP contribution is 2.40. The molecule has 0 saturated carbocycles. The minimum atomic E-state index is -1.16. The van der Waals surface area contributed by atoms with Gasteiger partial charge in [-0.1, -0.05) is 34.1 Å². The van der Waals surface area contributed by atoms with Crippen molar-refractivity contribution in [1.29, 1.82) is 0 Å². The molecule has 0 bridgehead atoms. The molecule has 6 heteroatoms. The Morgan fingerprint density at radius 1 is 1.19 bits per heavy atom. The molecule has 2 heterocycles. The summed E-state index contributed by atoms with van der Waals surface area (Å²) in [5.74, 6) is 0. The van der Waals surface area contributed by atoms with Gasteiger partial charge in [-0.05, 0) is 43.2 Å². The summed E-state index contributed by atoms with van der Waals surface area (Å²) in [6.07, 6.45) is -1.16. The molecular weight excluding hydrogens is 392 g/mol. The lowest BCUT2D eigenvalue weighted by Crippen LogP contribution is -2.12. The van der Waals surface area contributed by atoms with E-state index in [1.54, 1.807) is 0 Å². The number of aromatic nitrogens is 2. The van der Waals surface area contributed by atoms with Crippen molar-refractivity contribution in [3.05, 3.63) is 57.8 Å². The van der Waals surface area contributed by atoms with Crippen molar-refractivity contribution in [2.45, 2.75) is 20.1 Å². The molecule has 5 nitrogen and oxygen atoms in total. The molecule has 6 N–H and O–H groups in total. The number of hydrogen-bond acceptors (Lipinski definition) is 4. The number of nitrogens with one attached hydrogen (secondary N) is 1. The topological polar surface area (TPSA) is 101 Å². The third-order valence-electron chi connectivity index (χ3n) is 4.84. The van der Waals surface area contributed by atoms with Crippen molar-refractivity contribution in [3.8, 4) is 11.1 Å². The van der Waals surface area contributed by atoms with Gasteiger partial charge >= 0.3 is 0 Å². The first-order valence-corrected chi connectivity index (χ1v) is 9.08. The van der Waals surface area contributed by atoms with E-state index in [9.17, 15) is 5.11 Å². The number of aliphatic hydroxyl groups is 1. The molecule has 0 spiro atoms. The number of nitrogens with two attached hydrogens (primary N) is 2. The smallest absolute Gasteiger partial charge is 0.147 e. The summed E-state index contributed by atoms with van der Waals surface area (Å²) in [5, 5.41) is 12.1. The molecule has 1 unspecified atom stereocenters. The number of aliphatic hydroxyl groups excluding tert-OH is 1. The van der Waals surface area contributed by atoms with E-state index >= 15 is 0 Å². The summed E-state index contributed by atoms with van der Waals surface area (Å²) < 4.78 is 0.970. The molecule has 0 aliphatic carbocycles. The Bertz CT molecular complexity index is 1160. The van der Waals surface area contributed by atoms with Crippen LogP contribution in [0.2, 0.25) is 0 Å². The van der Waals surface area contributed by atoms with E-state index in [0.717, 1.165) is 54.4 Å². The fourth-order valence-corrected chi connectivity index (χ4v) is 3.92. The Morgan fingerprint density at radius 3 is 2.69 bits per heavy atom. The third-order valence-corrected chi connectivity index (χ3v) is 5.34. The van der Waals surface area contributed by atoms with E-state index in [1.165, 1.54) is 0 Å². The lowest BCUT2D eigenvalue weighted by molar-refractivity contribution is 0.183. The van der Waals surface area contributed by atoms with Crippen LogP contribution in [0.5, 0.6) is 0 Å². The summed E-state index contributed by atoms with van der Waals surface area (Å²) in [6, 6.07) is 11.9. The highest BCUT2D eigenvalue weighted by molar-refractivity contribution is 9.10. The monoisotopic (exact) mass is 410 g/mol. The summed E-state index contributed by atoms with van der Waals surface area (Å²) >= 11 is 3.51. The maximum absolute atomic E-state index is 10.1. The Balaban J connectivity index is 2.23. The first-order valence-electron chi connectivity index (χ1n) is 8.29. The number of aromatic amines is 1. The average Bonchev–Trinajstić information content (AvgIpc) is 2.95. The van der Waals surface area contributed by atoms with Gasteiger partial charge in [-0.15, -0.1) is 0 Å². The van der Waals surface area contributed by atoms with Crippen LogP contribution in [0.3, 0.4) is 0 Å². The second kappa shape index (κ2) is 6.09. The second-order valence-corrected chi connectivity index (χ2v) is 7.40. The van der Waals surface area contributed by atoms with Gasteiger partial charge in [-0.3, -0.25) is 4.98 Å². The van der Waals surface area contributed by atoms with Gasteiger partial charge in [0.2, 0.25) is 0 Å². The number of aryl methyl sites for hydroxylation is 1. The van der Waals surface area contributed by atoms with Crippen LogP contribution in [0.25, 0.3) is 32.9 Å². The number of H-pyrrole nitrogens is 1. The number of benzene rings is 2. The maximum Gasteiger partial charge on any atom is 0.147 e. The molecule has 2 aromatic carbocycles. The molecule has 0 fully saturated rings. The Kier molecular flexibility index (Phi) is 3.99. The van der Waals surface area contributed by atoms with E-state index in [-0.39, 0.29) is 0 Å². The molecule has 0 radical (unpaired) electrons. The van der Waals surface area contributed by atoms with Gasteiger partial charge in [-0.25, -0.2) is 0 Å². The molecule has 0 aliphatic rings. The molecule has 4 aromatic rings. The molecular formula is C20H19BrN4O. The molecule has 0 saturated heterocycles. The van der Waals surface area contributed by atoms with Gasteiger partial charge in [0.1, 0.15) is 11.9 Å². The Morgan fingerprint density at radius 2 is 1.96 bits per heavy atom. The van der Waals surface area contributed by atoms with Crippen molar-refractivity contribution in [2.75, 3.05) is 5.73 Å². The van der Waals surface area contributed by atoms with Crippen molar-refractivity contribution in [1.82, 2.24) is 9.97 Å². The quantitative estimate of drug-likeness (QED) is 0.292. The van der Waals surface area contributed by atoms with Crippen LogP contribution in [0.1, 0.15) is 23.2 Å². The number of nitrogens with zero attached hydrogens (tertiary/aromatic N) is 1. The van der Waals surface area contributed by atoms with Crippen molar-refractivity contribution < 1.29 is 5.11 Å². The molecule has 4 rings (SSSR count). The van der Waals surface area contributed by atoms with Crippen LogP contribution in [0.4, 0.5) is 5.69 Å². The number of rotatable bonds is 2. The van der Waals surface area contributed by atoms with E-state index in [2.05, 4.69) is 32.0 Å². The van der Waals surface area contributed by atoms with Gasteiger partial charge in [0.05, 0.1) is 5.52 Å². The van der Waals surface area contributed by atoms with Gasteiger partial charge < -0.3 is 21.6 Å². The first kappa shape index (κ1) is 17.0. The van der Waals surface area contributed by atoms with Crippen LogP contribution in [-0.2, 0) is 0 Å². The summed E-state index contributed by atoms with van der Waals surface area (Å²) in [7, 11) is 0. The van der Waals surface area contributed by atoms with Crippen molar-refractivity contribution in [2.24, 2.45) is 5.73 Å². The largest absolute Gasteiger partial charge is 0.398 e. The zero-order valence-electron chi connectivity index (χ0n) is 14.5. The van der Waals surface area contributed by atoms with Crippen LogP contribution >= 0.6 is 15.9 Å². The van der Waals surface area contributed by atoms with Gasteiger partial charge in [0, 0.05) is 37.7 Å². The molecule has 0 aliphatic heterocycles. The second-order valence-electron chi connectivity index (χ2n) is 6.49. The highest BCUT2D eigenvalue weighted by Gasteiger charge is 2.21. The lowest BCUT2D eigenvalue weighted by atomic mass is 9.93. The average molecular weight is 411 g/mol. The number of nitrogen functional groups attached to an aromatic ring is 1. The van der Waals surface area contributed by atoms with E-state index < -0.39 is 6.23 Å². The summed E-state index contributed by atoms with van der Waals surface area (Å²) in [5.41, 5.74) is 18.6. The Hall–Kier alpha value is -2.41. The third kappa shape index (κ3) is 2.49. The highest BCUT2D eigenvalue weighted by atomic mass is 79.9. The lowest BCUT2D eigenvalue weighted by Gasteiger charge is -2.15. The summed E-state index contributed by atoms with van der Waals surface area (Å²) in [4.78, 5) is 7.98. The number of fused-ring (bicyclic) bond motifs is 3. The normalized spacial score (nSPS) is 12.8. The predicted molar refractivity (Wildman–Crippen MR) is 110 cm³/mol. The van der Waals surface area contributed by atoms with Gasteiger partial charge in [-0.2, -0.15) is 0 Å². The summed E-state index contributed by atoms with van der Waals surface area (Å²) in [6.45, 7) is 3.94. The van der Waals surface area contributed by atoms with E-state index in [1.807, 2.05) is 44.2 Å². The number of hydrogen-bond donors (Lipinski definition) is 4. The maximum atomic E-state index is 10.1. The zero-order chi connectivity index (χ0) is 18.6. The molecule has 26 heavy (non-hydrogen) atoms. The zero-order valence-corrected chi connectivity index (χ0v) is 16.1. The Labute approximate surface area is 159 Å². The number of anilines is 1. The first-order chi connectivity index (χ1) is 12.4. The molecule has 132 valence electrons. The number of pyridine rings is 1. The van der Waals surface area contributed by atoms with Crippen molar-refractivity contribution >= 4 is 43.4 Å². The van der Waals surface area contributed by atoms with Crippen molar-refractivity contribution in [3.63, 3.8) is 0 Å². The fraction of sp³-hybridized carbons (Fsp3) is 0.150.